The zero-order valence-electron chi connectivity index (χ0n) is 22.1. The third kappa shape index (κ3) is 4.88. The SMILES string of the molecule is C/C=C(\N=CN)c1ccc(-c2ccc(-c3nc(-c4ccccc4)nc(-c4ccccc4)n3)c3ccccc23)cc1. The summed E-state index contributed by atoms with van der Waals surface area (Å²) in [5, 5.41) is 2.21. The van der Waals surface area contributed by atoms with E-state index in [4.69, 9.17) is 20.7 Å². The lowest BCUT2D eigenvalue weighted by Crippen LogP contribution is -2.00. The van der Waals surface area contributed by atoms with Crippen LogP contribution in [0.1, 0.15) is 12.5 Å². The van der Waals surface area contributed by atoms with Gasteiger partial charge in [0.15, 0.2) is 17.5 Å². The van der Waals surface area contributed by atoms with Gasteiger partial charge in [-0.2, -0.15) is 0 Å². The average Bonchev–Trinajstić information content (AvgIpc) is 3.04. The van der Waals surface area contributed by atoms with Crippen LogP contribution < -0.4 is 5.73 Å². The first-order valence-corrected chi connectivity index (χ1v) is 13.2. The molecule has 6 aromatic rings. The van der Waals surface area contributed by atoms with E-state index in [0.29, 0.717) is 17.5 Å². The highest BCUT2D eigenvalue weighted by Gasteiger charge is 2.16. The van der Waals surface area contributed by atoms with Crippen LogP contribution in [0.25, 0.3) is 61.8 Å². The predicted molar refractivity (Wildman–Crippen MR) is 165 cm³/mol. The molecule has 5 heteroatoms. The Balaban J connectivity index is 1.50. The van der Waals surface area contributed by atoms with E-state index in [1.165, 1.54) is 6.34 Å². The molecule has 0 saturated carbocycles. The van der Waals surface area contributed by atoms with Crippen LogP contribution in [0.3, 0.4) is 0 Å². The molecular formula is C35H27N5. The normalized spacial score (nSPS) is 11.8. The Morgan fingerprint density at radius 2 is 1.05 bits per heavy atom. The molecule has 0 aliphatic rings. The van der Waals surface area contributed by atoms with Gasteiger partial charge in [0.25, 0.3) is 0 Å². The number of nitrogens with zero attached hydrogens (tertiary/aromatic N) is 4. The Bertz CT molecular complexity index is 1780. The third-order valence-corrected chi connectivity index (χ3v) is 6.84. The fourth-order valence-corrected chi connectivity index (χ4v) is 4.89. The maximum Gasteiger partial charge on any atom is 0.164 e. The van der Waals surface area contributed by atoms with Gasteiger partial charge in [0.1, 0.15) is 0 Å². The monoisotopic (exact) mass is 517 g/mol. The van der Waals surface area contributed by atoms with Gasteiger partial charge < -0.3 is 5.73 Å². The van der Waals surface area contributed by atoms with Crippen LogP contribution in [0, 0.1) is 0 Å². The fourth-order valence-electron chi connectivity index (χ4n) is 4.89. The Hall–Kier alpha value is -5.42. The van der Waals surface area contributed by atoms with Gasteiger partial charge in [-0.05, 0) is 40.5 Å². The summed E-state index contributed by atoms with van der Waals surface area (Å²) < 4.78 is 0. The highest BCUT2D eigenvalue weighted by molar-refractivity contribution is 6.04. The van der Waals surface area contributed by atoms with Gasteiger partial charge in [-0.25, -0.2) is 19.9 Å². The number of allylic oxidation sites excluding steroid dienone is 1. The molecule has 1 heterocycles. The molecule has 0 bridgehead atoms. The van der Waals surface area contributed by atoms with Crippen molar-refractivity contribution in [2.45, 2.75) is 6.92 Å². The van der Waals surface area contributed by atoms with E-state index in [1.54, 1.807) is 0 Å². The standard InChI is InChI=1S/C35H27N5/c1-2-32(37-23-36)25-19-17-24(18-20-25)28-21-22-31(30-16-10-9-15-29(28)30)35-39-33(26-11-5-3-6-12-26)38-34(40-35)27-13-7-4-8-14-27/h2-23H,1H3,(H2,36,37)/b32-2-. The number of benzene rings is 5. The highest BCUT2D eigenvalue weighted by atomic mass is 15.0. The molecule has 192 valence electrons. The van der Waals surface area contributed by atoms with Crippen LogP contribution in [0.2, 0.25) is 0 Å². The van der Waals surface area contributed by atoms with Crippen LogP contribution in [-0.2, 0) is 0 Å². The van der Waals surface area contributed by atoms with E-state index < -0.39 is 0 Å². The van der Waals surface area contributed by atoms with Crippen LogP contribution in [0.15, 0.2) is 132 Å². The average molecular weight is 518 g/mol. The Morgan fingerprint density at radius 3 is 1.60 bits per heavy atom. The van der Waals surface area contributed by atoms with Gasteiger partial charge >= 0.3 is 0 Å². The second-order valence-electron chi connectivity index (χ2n) is 9.27. The van der Waals surface area contributed by atoms with E-state index in [9.17, 15) is 0 Å². The maximum atomic E-state index is 5.53. The number of aliphatic imine (C=N–C) groups is 1. The summed E-state index contributed by atoms with van der Waals surface area (Å²) in [7, 11) is 0. The van der Waals surface area contributed by atoms with E-state index in [0.717, 1.165) is 49.9 Å². The smallest absolute Gasteiger partial charge is 0.164 e. The summed E-state index contributed by atoms with van der Waals surface area (Å²) in [6.45, 7) is 1.95. The van der Waals surface area contributed by atoms with Gasteiger partial charge in [-0.1, -0.05) is 121 Å². The lowest BCUT2D eigenvalue weighted by atomic mass is 9.94. The lowest BCUT2D eigenvalue weighted by Gasteiger charge is -2.13. The minimum absolute atomic E-state index is 0.642. The van der Waals surface area contributed by atoms with E-state index in [2.05, 4.69) is 65.7 Å². The number of hydrogen-bond acceptors (Lipinski definition) is 4. The molecule has 5 aromatic carbocycles. The van der Waals surface area contributed by atoms with Crippen molar-refractivity contribution in [3.8, 4) is 45.3 Å². The fraction of sp³-hybridized carbons (Fsp3) is 0.0286. The Morgan fingerprint density at radius 1 is 0.550 bits per heavy atom. The molecule has 0 radical (unpaired) electrons. The molecule has 1 aromatic heterocycles. The Labute approximate surface area is 233 Å². The van der Waals surface area contributed by atoms with E-state index >= 15 is 0 Å². The minimum atomic E-state index is 0.642. The van der Waals surface area contributed by atoms with Crippen molar-refractivity contribution in [1.29, 1.82) is 0 Å². The molecule has 0 saturated heterocycles. The summed E-state index contributed by atoms with van der Waals surface area (Å²) >= 11 is 0. The molecule has 5 nitrogen and oxygen atoms in total. The molecule has 0 aliphatic heterocycles. The molecule has 0 fully saturated rings. The first-order chi connectivity index (χ1) is 19.7. The number of hydrogen-bond donors (Lipinski definition) is 1. The number of nitrogens with two attached hydrogens (primary N) is 1. The number of aromatic nitrogens is 3. The van der Waals surface area contributed by atoms with Crippen molar-refractivity contribution in [2.75, 3.05) is 0 Å². The number of rotatable bonds is 6. The molecule has 2 N–H and O–H groups in total. The molecule has 6 rings (SSSR count). The van der Waals surface area contributed by atoms with Crippen LogP contribution >= 0.6 is 0 Å². The summed E-state index contributed by atoms with van der Waals surface area (Å²) in [5.74, 6) is 1.93. The van der Waals surface area contributed by atoms with Crippen molar-refractivity contribution in [1.82, 2.24) is 15.0 Å². The third-order valence-electron chi connectivity index (χ3n) is 6.84. The van der Waals surface area contributed by atoms with Crippen LogP contribution in [-0.4, -0.2) is 21.3 Å². The summed E-state index contributed by atoms with van der Waals surface area (Å²) in [6.07, 6.45) is 3.27. The minimum Gasteiger partial charge on any atom is -0.390 e. The molecule has 40 heavy (non-hydrogen) atoms. The first-order valence-electron chi connectivity index (χ1n) is 13.2. The zero-order valence-corrected chi connectivity index (χ0v) is 22.1. The maximum absolute atomic E-state index is 5.53. The van der Waals surface area contributed by atoms with E-state index in [-0.39, 0.29) is 0 Å². The van der Waals surface area contributed by atoms with E-state index in [1.807, 2.05) is 73.7 Å². The molecule has 0 atom stereocenters. The molecular weight excluding hydrogens is 490 g/mol. The van der Waals surface area contributed by atoms with Crippen LogP contribution in [0.4, 0.5) is 0 Å². The molecule has 0 spiro atoms. The largest absolute Gasteiger partial charge is 0.390 e. The first kappa shape index (κ1) is 24.9. The van der Waals surface area contributed by atoms with Crippen molar-refractivity contribution >= 4 is 22.8 Å². The second-order valence-corrected chi connectivity index (χ2v) is 9.27. The molecule has 0 unspecified atom stereocenters. The van der Waals surface area contributed by atoms with Gasteiger partial charge in [0.2, 0.25) is 0 Å². The predicted octanol–water partition coefficient (Wildman–Crippen LogP) is 8.04. The zero-order chi connectivity index (χ0) is 27.3. The van der Waals surface area contributed by atoms with Crippen molar-refractivity contribution in [2.24, 2.45) is 10.7 Å². The summed E-state index contributed by atoms with van der Waals surface area (Å²) in [6, 6.07) is 41.1. The molecule has 0 amide bonds. The van der Waals surface area contributed by atoms with Crippen LogP contribution in [0.5, 0.6) is 0 Å². The van der Waals surface area contributed by atoms with Gasteiger partial charge in [0, 0.05) is 16.7 Å². The van der Waals surface area contributed by atoms with Crippen molar-refractivity contribution in [3.63, 3.8) is 0 Å². The summed E-state index contributed by atoms with van der Waals surface area (Å²) in [5.41, 5.74) is 12.5. The molecule has 0 aliphatic carbocycles. The van der Waals surface area contributed by atoms with Gasteiger partial charge in [0.05, 0.1) is 12.0 Å². The van der Waals surface area contributed by atoms with Crippen molar-refractivity contribution in [3.05, 3.63) is 133 Å². The quantitative estimate of drug-likeness (QED) is 0.179. The topological polar surface area (TPSA) is 77.0 Å². The van der Waals surface area contributed by atoms with Gasteiger partial charge in [-0.15, -0.1) is 0 Å². The Kier molecular flexibility index (Phi) is 6.93. The van der Waals surface area contributed by atoms with Gasteiger partial charge in [-0.3, -0.25) is 0 Å². The lowest BCUT2D eigenvalue weighted by molar-refractivity contribution is 1.08. The summed E-state index contributed by atoms with van der Waals surface area (Å²) in [4.78, 5) is 19.0. The van der Waals surface area contributed by atoms with Crippen molar-refractivity contribution < 1.29 is 0 Å². The number of fused-ring (bicyclic) bond motifs is 1. The second kappa shape index (κ2) is 11.1. The highest BCUT2D eigenvalue weighted by Crippen LogP contribution is 2.36.